The molecule has 2 aliphatic rings. The topological polar surface area (TPSA) is 29.3 Å². The largest absolute Gasteiger partial charge is 0.465 e. The van der Waals surface area contributed by atoms with Crippen molar-refractivity contribution in [1.82, 2.24) is 0 Å². The molecule has 21 heavy (non-hydrogen) atoms. The van der Waals surface area contributed by atoms with Gasteiger partial charge in [-0.15, -0.1) is 0 Å². The average molecular weight is 304 g/mol. The third-order valence-electron chi connectivity index (χ3n) is 4.05. The maximum absolute atomic E-state index is 11.7. The van der Waals surface area contributed by atoms with Gasteiger partial charge in [-0.3, -0.25) is 4.79 Å². The number of carbonyl (C=O) groups excluding carboxylic acids is 1. The van der Waals surface area contributed by atoms with Gasteiger partial charge in [0.2, 0.25) is 5.04 Å². The van der Waals surface area contributed by atoms with Gasteiger partial charge in [0.15, 0.2) is 6.54 Å². The highest BCUT2D eigenvalue weighted by Crippen LogP contribution is 2.27. The SMILES string of the molecule is O=C1OCCC1SC1=[N+](Cc2ccccc2)CCCCC1. The van der Waals surface area contributed by atoms with Crippen LogP contribution in [0, 0.1) is 0 Å². The average Bonchev–Trinajstić information content (AvgIpc) is 2.78. The van der Waals surface area contributed by atoms with Crippen LogP contribution < -0.4 is 0 Å². The monoisotopic (exact) mass is 304 g/mol. The number of cyclic esters (lactones) is 1. The molecule has 0 saturated carbocycles. The van der Waals surface area contributed by atoms with Gasteiger partial charge >= 0.3 is 5.97 Å². The first kappa shape index (κ1) is 14.6. The molecule has 2 aliphatic heterocycles. The molecule has 4 heteroatoms. The summed E-state index contributed by atoms with van der Waals surface area (Å²) >= 11 is 1.74. The molecule has 0 aliphatic carbocycles. The number of thioether (sulfide) groups is 1. The van der Waals surface area contributed by atoms with Crippen LogP contribution in [0.4, 0.5) is 0 Å². The quantitative estimate of drug-likeness (QED) is 0.634. The van der Waals surface area contributed by atoms with E-state index in [4.69, 9.17) is 4.74 Å². The van der Waals surface area contributed by atoms with Crippen LogP contribution in [0.1, 0.15) is 37.7 Å². The third-order valence-corrected chi connectivity index (χ3v) is 5.50. The van der Waals surface area contributed by atoms with E-state index in [-0.39, 0.29) is 11.2 Å². The number of hydrogen-bond donors (Lipinski definition) is 0. The molecule has 1 saturated heterocycles. The molecule has 0 radical (unpaired) electrons. The second kappa shape index (κ2) is 7.12. The first-order chi connectivity index (χ1) is 10.3. The fourth-order valence-electron chi connectivity index (χ4n) is 2.89. The van der Waals surface area contributed by atoms with Gasteiger partial charge < -0.3 is 4.74 Å². The van der Waals surface area contributed by atoms with Crippen molar-refractivity contribution in [2.45, 2.75) is 43.9 Å². The summed E-state index contributed by atoms with van der Waals surface area (Å²) in [6, 6.07) is 10.6. The van der Waals surface area contributed by atoms with E-state index in [1.54, 1.807) is 11.8 Å². The van der Waals surface area contributed by atoms with Crippen molar-refractivity contribution in [3.05, 3.63) is 35.9 Å². The van der Waals surface area contributed by atoms with E-state index in [1.165, 1.54) is 29.9 Å². The van der Waals surface area contributed by atoms with Crippen LogP contribution in [0.15, 0.2) is 30.3 Å². The van der Waals surface area contributed by atoms with Crippen LogP contribution in [0.3, 0.4) is 0 Å². The summed E-state index contributed by atoms with van der Waals surface area (Å²) in [7, 11) is 0. The van der Waals surface area contributed by atoms with Crippen molar-refractivity contribution in [2.75, 3.05) is 13.2 Å². The minimum Gasteiger partial charge on any atom is -0.465 e. The van der Waals surface area contributed by atoms with Crippen LogP contribution in [0.25, 0.3) is 0 Å². The molecule has 112 valence electrons. The standard InChI is InChI=1S/C17H22NO2S/c19-17-15(10-12-20-17)21-16-9-5-2-6-11-18(16)13-14-7-3-1-4-8-14/h1,3-4,7-8,15H,2,5-6,9-13H2/q+1. The number of hydrogen-bond acceptors (Lipinski definition) is 3. The normalized spacial score (nSPS) is 23.0. The Labute approximate surface area is 130 Å². The van der Waals surface area contributed by atoms with Gasteiger partial charge in [0.1, 0.15) is 11.8 Å². The van der Waals surface area contributed by atoms with Gasteiger partial charge in [-0.2, -0.15) is 0 Å². The van der Waals surface area contributed by atoms with Gasteiger partial charge in [-0.1, -0.05) is 30.3 Å². The molecule has 0 aromatic heterocycles. The minimum absolute atomic E-state index is 0.0105. The predicted molar refractivity (Wildman–Crippen MR) is 85.7 cm³/mol. The lowest BCUT2D eigenvalue weighted by molar-refractivity contribution is -0.541. The molecular formula is C17H22NO2S+. The number of ether oxygens (including phenoxy) is 1. The summed E-state index contributed by atoms with van der Waals surface area (Å²) in [6.07, 6.45) is 5.71. The van der Waals surface area contributed by atoms with Crippen LogP contribution in [-0.2, 0) is 16.1 Å². The van der Waals surface area contributed by atoms with E-state index in [0.29, 0.717) is 6.61 Å². The molecule has 1 fully saturated rings. The molecule has 1 atom stereocenters. The molecule has 2 heterocycles. The number of nitrogens with zero attached hydrogens (tertiary/aromatic N) is 1. The molecule has 1 unspecified atom stereocenters. The van der Waals surface area contributed by atoms with Gasteiger partial charge in [0.25, 0.3) is 0 Å². The minimum atomic E-state index is -0.0311. The summed E-state index contributed by atoms with van der Waals surface area (Å²) in [5.41, 5.74) is 1.34. The van der Waals surface area contributed by atoms with Crippen molar-refractivity contribution in [3.8, 4) is 0 Å². The molecular weight excluding hydrogens is 282 g/mol. The molecule has 3 nitrogen and oxygen atoms in total. The van der Waals surface area contributed by atoms with Crippen molar-refractivity contribution < 1.29 is 14.1 Å². The third kappa shape index (κ3) is 3.88. The van der Waals surface area contributed by atoms with E-state index in [9.17, 15) is 4.79 Å². The lowest BCUT2D eigenvalue weighted by atomic mass is 10.2. The molecule has 1 aromatic rings. The first-order valence-electron chi connectivity index (χ1n) is 7.81. The Morgan fingerprint density at radius 2 is 2.05 bits per heavy atom. The predicted octanol–water partition coefficient (Wildman–Crippen LogP) is 3.22. The number of benzene rings is 1. The van der Waals surface area contributed by atoms with Gasteiger partial charge in [0.05, 0.1) is 6.61 Å². The Morgan fingerprint density at radius 3 is 2.81 bits per heavy atom. The lowest BCUT2D eigenvalue weighted by Crippen LogP contribution is -2.22. The van der Waals surface area contributed by atoms with Crippen LogP contribution in [-0.4, -0.2) is 34.0 Å². The highest BCUT2D eigenvalue weighted by molar-refractivity contribution is 8.14. The fraction of sp³-hybridized carbons (Fsp3) is 0.529. The second-order valence-corrected chi connectivity index (χ2v) is 6.95. The fourth-order valence-corrected chi connectivity index (χ4v) is 4.17. The summed E-state index contributed by atoms with van der Waals surface area (Å²) in [6.45, 7) is 2.63. The Bertz CT molecular complexity index is 527. The summed E-state index contributed by atoms with van der Waals surface area (Å²) in [5.74, 6) is -0.0311. The van der Waals surface area contributed by atoms with E-state index in [0.717, 1.165) is 25.9 Å². The van der Waals surface area contributed by atoms with E-state index >= 15 is 0 Å². The van der Waals surface area contributed by atoms with E-state index in [1.807, 2.05) is 0 Å². The molecule has 0 amide bonds. The van der Waals surface area contributed by atoms with Crippen LogP contribution in [0.2, 0.25) is 0 Å². The zero-order valence-corrected chi connectivity index (χ0v) is 13.1. The smallest absolute Gasteiger partial charge is 0.319 e. The van der Waals surface area contributed by atoms with Crippen LogP contribution >= 0.6 is 11.8 Å². The Morgan fingerprint density at radius 1 is 1.19 bits per heavy atom. The van der Waals surface area contributed by atoms with E-state index < -0.39 is 0 Å². The zero-order chi connectivity index (χ0) is 14.5. The molecule has 3 rings (SSSR count). The number of rotatable bonds is 3. The zero-order valence-electron chi connectivity index (χ0n) is 12.3. The number of carbonyl (C=O) groups is 1. The Kier molecular flexibility index (Phi) is 4.96. The summed E-state index contributed by atoms with van der Waals surface area (Å²) in [5, 5.41) is 1.39. The Hall–Kier alpha value is -1.29. The maximum Gasteiger partial charge on any atom is 0.319 e. The molecule has 0 spiro atoms. The van der Waals surface area contributed by atoms with Crippen molar-refractivity contribution >= 4 is 22.8 Å². The van der Waals surface area contributed by atoms with E-state index in [2.05, 4.69) is 34.9 Å². The van der Waals surface area contributed by atoms with Gasteiger partial charge in [0, 0.05) is 24.8 Å². The lowest BCUT2D eigenvalue weighted by Gasteiger charge is -2.09. The highest BCUT2D eigenvalue weighted by Gasteiger charge is 2.32. The summed E-state index contributed by atoms with van der Waals surface area (Å²) < 4.78 is 7.57. The van der Waals surface area contributed by atoms with Crippen LogP contribution in [0.5, 0.6) is 0 Å². The maximum atomic E-state index is 11.7. The van der Waals surface area contributed by atoms with Gasteiger partial charge in [-0.05, 0) is 24.6 Å². The van der Waals surface area contributed by atoms with Crippen molar-refractivity contribution in [3.63, 3.8) is 0 Å². The molecule has 1 aromatic carbocycles. The molecule has 0 bridgehead atoms. The number of esters is 1. The highest BCUT2D eigenvalue weighted by atomic mass is 32.2. The summed E-state index contributed by atoms with van der Waals surface area (Å²) in [4.78, 5) is 11.7. The Balaban J connectivity index is 1.77. The molecule has 0 N–H and O–H groups in total. The van der Waals surface area contributed by atoms with Gasteiger partial charge in [-0.25, -0.2) is 4.58 Å². The first-order valence-corrected chi connectivity index (χ1v) is 8.69. The van der Waals surface area contributed by atoms with Crippen molar-refractivity contribution in [1.29, 1.82) is 0 Å². The second-order valence-electron chi connectivity index (χ2n) is 5.67. The van der Waals surface area contributed by atoms with Crippen molar-refractivity contribution in [2.24, 2.45) is 0 Å².